The fourth-order valence-corrected chi connectivity index (χ4v) is 4.75. The van der Waals surface area contributed by atoms with E-state index in [1.807, 2.05) is 19.1 Å². The maximum atomic E-state index is 13.3. The van der Waals surface area contributed by atoms with Gasteiger partial charge < -0.3 is 18.9 Å². The highest BCUT2D eigenvalue weighted by molar-refractivity contribution is 6.17. The molecule has 0 heterocycles. The third-order valence-corrected chi connectivity index (χ3v) is 6.14. The van der Waals surface area contributed by atoms with Gasteiger partial charge in [0.2, 0.25) is 11.5 Å². The normalized spacial score (nSPS) is 28.6. The zero-order valence-corrected chi connectivity index (χ0v) is 16.9. The Bertz CT molecular complexity index is 830. The van der Waals surface area contributed by atoms with Gasteiger partial charge in [0, 0.05) is 5.92 Å². The lowest BCUT2D eigenvalue weighted by Crippen LogP contribution is -2.38. The number of methoxy groups -OCH3 is 4. The summed E-state index contributed by atoms with van der Waals surface area (Å²) in [5.41, 5.74) is -0.0121. The molecule has 4 atom stereocenters. The number of hydrogen-bond acceptors (Lipinski definition) is 6. The van der Waals surface area contributed by atoms with Gasteiger partial charge in [-0.05, 0) is 36.1 Å². The summed E-state index contributed by atoms with van der Waals surface area (Å²) in [6, 6.07) is 3.63. The van der Waals surface area contributed by atoms with Gasteiger partial charge in [0.25, 0.3) is 0 Å². The summed E-state index contributed by atoms with van der Waals surface area (Å²) in [6.07, 6.45) is 3.87. The standard InChI is InChI=1S/C22H26O6/c1-7-8-22-11-16(27-5)19(23)18(21(22)24)17(12(22)2)13-9-14(25-3)20(28-6)15(10-13)26-4/h7,9-12,17-18H,1,8H2,2-6H3/t12-,17-,18-,22-/m0/s1. The first-order valence-corrected chi connectivity index (χ1v) is 9.16. The summed E-state index contributed by atoms with van der Waals surface area (Å²) < 4.78 is 21.6. The predicted octanol–water partition coefficient (Wildman–Crippen LogP) is 3.31. The lowest BCUT2D eigenvalue weighted by molar-refractivity contribution is -0.136. The third kappa shape index (κ3) is 2.62. The first-order valence-electron chi connectivity index (χ1n) is 9.16. The first-order chi connectivity index (χ1) is 13.4. The second-order valence-electron chi connectivity index (χ2n) is 7.23. The molecule has 0 aromatic heterocycles. The second kappa shape index (κ2) is 7.34. The zero-order chi connectivity index (χ0) is 20.6. The fourth-order valence-electron chi connectivity index (χ4n) is 4.75. The molecular weight excluding hydrogens is 360 g/mol. The molecule has 6 heteroatoms. The molecular formula is C22H26O6. The number of carbonyl (C=O) groups is 2. The van der Waals surface area contributed by atoms with Crippen molar-refractivity contribution in [1.82, 2.24) is 0 Å². The molecule has 0 radical (unpaired) electrons. The van der Waals surface area contributed by atoms with E-state index in [2.05, 4.69) is 6.58 Å². The Labute approximate surface area is 165 Å². The van der Waals surface area contributed by atoms with Crippen LogP contribution >= 0.6 is 0 Å². The summed E-state index contributed by atoms with van der Waals surface area (Å²) in [4.78, 5) is 26.3. The Morgan fingerprint density at radius 3 is 2.11 bits per heavy atom. The lowest BCUT2D eigenvalue weighted by atomic mass is 9.71. The highest BCUT2D eigenvalue weighted by atomic mass is 16.5. The van der Waals surface area contributed by atoms with E-state index >= 15 is 0 Å². The lowest BCUT2D eigenvalue weighted by Gasteiger charge is -2.31. The van der Waals surface area contributed by atoms with Crippen LogP contribution in [0, 0.1) is 17.3 Å². The Morgan fingerprint density at radius 2 is 1.64 bits per heavy atom. The minimum atomic E-state index is -0.809. The minimum absolute atomic E-state index is 0.0792. The molecule has 2 aliphatic rings. The van der Waals surface area contributed by atoms with Crippen molar-refractivity contribution in [2.24, 2.45) is 17.3 Å². The van der Waals surface area contributed by atoms with Crippen molar-refractivity contribution < 1.29 is 28.5 Å². The molecule has 2 aliphatic carbocycles. The van der Waals surface area contributed by atoms with Crippen molar-refractivity contribution >= 4 is 11.6 Å². The quantitative estimate of drug-likeness (QED) is 0.529. The highest BCUT2D eigenvalue weighted by Gasteiger charge is 2.62. The van der Waals surface area contributed by atoms with Gasteiger partial charge in [0.1, 0.15) is 0 Å². The molecule has 1 saturated carbocycles. The van der Waals surface area contributed by atoms with Crippen LogP contribution in [0.3, 0.4) is 0 Å². The van der Waals surface area contributed by atoms with E-state index in [-0.39, 0.29) is 29.2 Å². The summed E-state index contributed by atoms with van der Waals surface area (Å²) >= 11 is 0. The Kier molecular flexibility index (Phi) is 5.24. The summed E-state index contributed by atoms with van der Waals surface area (Å²) in [5.74, 6) is 0.0494. The number of Topliss-reactive ketones (excluding diaryl/α,β-unsaturated/α-hetero) is 2. The monoisotopic (exact) mass is 386 g/mol. The molecule has 0 N–H and O–H groups in total. The van der Waals surface area contributed by atoms with Crippen LogP contribution in [0.4, 0.5) is 0 Å². The number of hydrogen-bond donors (Lipinski definition) is 0. The maximum absolute atomic E-state index is 13.3. The van der Waals surface area contributed by atoms with Gasteiger partial charge >= 0.3 is 0 Å². The van der Waals surface area contributed by atoms with E-state index in [1.165, 1.54) is 28.4 Å². The molecule has 0 saturated heterocycles. The largest absolute Gasteiger partial charge is 0.493 e. The predicted molar refractivity (Wildman–Crippen MR) is 104 cm³/mol. The Balaban J connectivity index is 2.21. The van der Waals surface area contributed by atoms with E-state index in [0.717, 1.165) is 5.56 Å². The molecule has 6 nitrogen and oxygen atoms in total. The van der Waals surface area contributed by atoms with E-state index < -0.39 is 11.3 Å². The number of fused-ring (bicyclic) bond motifs is 2. The molecule has 0 spiro atoms. The number of ketones is 2. The summed E-state index contributed by atoms with van der Waals surface area (Å²) in [7, 11) is 6.07. The number of allylic oxidation sites excluding steroid dienone is 3. The average molecular weight is 386 g/mol. The van der Waals surface area contributed by atoms with Gasteiger partial charge in [-0.2, -0.15) is 0 Å². The molecule has 0 amide bonds. The van der Waals surface area contributed by atoms with E-state index in [9.17, 15) is 9.59 Å². The molecule has 0 unspecified atom stereocenters. The van der Waals surface area contributed by atoms with Crippen molar-refractivity contribution in [3.63, 3.8) is 0 Å². The van der Waals surface area contributed by atoms with Crippen LogP contribution in [0.2, 0.25) is 0 Å². The molecule has 1 aromatic rings. The summed E-state index contributed by atoms with van der Waals surface area (Å²) in [5, 5.41) is 0. The van der Waals surface area contributed by atoms with Crippen LogP contribution in [-0.2, 0) is 14.3 Å². The number of carbonyl (C=O) groups excluding carboxylic acids is 2. The van der Waals surface area contributed by atoms with Gasteiger partial charge in [-0.3, -0.25) is 9.59 Å². The fraction of sp³-hybridized carbons (Fsp3) is 0.455. The van der Waals surface area contributed by atoms with Gasteiger partial charge in [-0.1, -0.05) is 13.0 Å². The van der Waals surface area contributed by atoms with Crippen LogP contribution in [-0.4, -0.2) is 40.0 Å². The smallest absolute Gasteiger partial charge is 0.208 e. The van der Waals surface area contributed by atoms with Crippen LogP contribution < -0.4 is 14.2 Å². The van der Waals surface area contributed by atoms with Gasteiger partial charge in [-0.15, -0.1) is 6.58 Å². The number of rotatable bonds is 7. The van der Waals surface area contributed by atoms with Crippen molar-refractivity contribution in [1.29, 1.82) is 0 Å². The van der Waals surface area contributed by atoms with E-state index in [4.69, 9.17) is 18.9 Å². The van der Waals surface area contributed by atoms with Crippen LogP contribution in [0.5, 0.6) is 17.2 Å². The minimum Gasteiger partial charge on any atom is -0.493 e. The third-order valence-electron chi connectivity index (χ3n) is 6.14. The van der Waals surface area contributed by atoms with Crippen LogP contribution in [0.25, 0.3) is 0 Å². The topological polar surface area (TPSA) is 71.1 Å². The Morgan fingerprint density at radius 1 is 1.04 bits per heavy atom. The Hall–Kier alpha value is -2.76. The van der Waals surface area contributed by atoms with Crippen molar-refractivity contribution in [3.8, 4) is 17.2 Å². The molecule has 0 aliphatic heterocycles. The molecule has 150 valence electrons. The van der Waals surface area contributed by atoms with Crippen molar-refractivity contribution in [2.45, 2.75) is 19.3 Å². The van der Waals surface area contributed by atoms with Crippen molar-refractivity contribution in [2.75, 3.05) is 28.4 Å². The molecule has 2 bridgehead atoms. The van der Waals surface area contributed by atoms with Gasteiger partial charge in [-0.25, -0.2) is 0 Å². The number of benzene rings is 1. The van der Waals surface area contributed by atoms with E-state index in [1.54, 1.807) is 12.2 Å². The molecule has 3 rings (SSSR count). The molecule has 28 heavy (non-hydrogen) atoms. The molecule has 1 aromatic carbocycles. The van der Waals surface area contributed by atoms with Crippen molar-refractivity contribution in [3.05, 3.63) is 42.2 Å². The second-order valence-corrected chi connectivity index (χ2v) is 7.23. The SMILES string of the molecule is C=CC[C@@]12C=C(OC)C(=O)[C@@H](C1=O)[C@H](c1cc(OC)c(OC)c(OC)c1)[C@@H]2C. The zero-order valence-electron chi connectivity index (χ0n) is 16.9. The van der Waals surface area contributed by atoms with Crippen LogP contribution in [0.1, 0.15) is 24.8 Å². The average Bonchev–Trinajstić information content (AvgIpc) is 2.85. The highest BCUT2D eigenvalue weighted by Crippen LogP contribution is 2.59. The molecule has 1 fully saturated rings. The van der Waals surface area contributed by atoms with Crippen LogP contribution in [0.15, 0.2) is 36.6 Å². The van der Waals surface area contributed by atoms with Gasteiger partial charge in [0.15, 0.2) is 23.0 Å². The van der Waals surface area contributed by atoms with Gasteiger partial charge in [0.05, 0.1) is 39.8 Å². The van der Waals surface area contributed by atoms with E-state index in [0.29, 0.717) is 23.7 Å². The maximum Gasteiger partial charge on any atom is 0.208 e. The number of ether oxygens (including phenoxy) is 4. The first kappa shape index (κ1) is 20.0. The summed E-state index contributed by atoms with van der Waals surface area (Å²) in [6.45, 7) is 5.81.